The van der Waals surface area contributed by atoms with Gasteiger partial charge in [-0.3, -0.25) is 0 Å². The van der Waals surface area contributed by atoms with Gasteiger partial charge in [-0.15, -0.1) is 13.2 Å². The number of nitrogens with two attached hydrogens (primary N) is 1. The molecule has 1 rings (SSSR count). The average Bonchev–Trinajstić information content (AvgIpc) is 2.30. The molecule has 0 aliphatic heterocycles. The highest BCUT2D eigenvalue weighted by molar-refractivity contribution is 5.89. The number of aromatic nitrogens is 1. The molecule has 0 aliphatic rings. The summed E-state index contributed by atoms with van der Waals surface area (Å²) in [4.78, 5) is 15.3. The normalized spacial score (nSPS) is 11.3. The molecule has 0 spiro atoms. The van der Waals surface area contributed by atoms with Crippen LogP contribution in [-0.2, 0) is 11.3 Å². The molecule has 2 N–H and O–H groups in total. The summed E-state index contributed by atoms with van der Waals surface area (Å²) in [5.41, 5.74) is 5.11. The highest BCUT2D eigenvalue weighted by atomic mass is 19.4. The molecule has 0 bridgehead atoms. The first-order valence-corrected chi connectivity index (χ1v) is 5.41. The zero-order chi connectivity index (χ0) is 14.6. The summed E-state index contributed by atoms with van der Waals surface area (Å²) < 4.78 is 45.6. The zero-order valence-electron chi connectivity index (χ0n) is 10.4. The van der Waals surface area contributed by atoms with Crippen LogP contribution in [0.2, 0.25) is 0 Å². The number of pyridine rings is 1. The van der Waals surface area contributed by atoms with Gasteiger partial charge < -0.3 is 15.2 Å². The van der Waals surface area contributed by atoms with Crippen molar-refractivity contribution < 1.29 is 27.4 Å². The summed E-state index contributed by atoms with van der Waals surface area (Å²) in [6.07, 6.45) is -3.77. The van der Waals surface area contributed by atoms with Gasteiger partial charge in [-0.25, -0.2) is 9.78 Å². The van der Waals surface area contributed by atoms with Crippen molar-refractivity contribution in [2.75, 3.05) is 6.61 Å². The molecule has 0 aliphatic carbocycles. The maximum Gasteiger partial charge on any atom is 0.573 e. The van der Waals surface area contributed by atoms with Crippen LogP contribution in [0.5, 0.6) is 5.75 Å². The monoisotopic (exact) mass is 278 g/mol. The summed E-state index contributed by atoms with van der Waals surface area (Å²) in [5.74, 6) is -1.34. The number of ether oxygens (including phenoxy) is 2. The van der Waals surface area contributed by atoms with Crippen LogP contribution in [0.25, 0.3) is 0 Å². The number of esters is 1. The SMILES string of the molecule is CCOC(=O)c1ncc(C)c(OC(F)(F)F)c1CN. The Morgan fingerprint density at radius 2 is 2.11 bits per heavy atom. The van der Waals surface area contributed by atoms with Crippen molar-refractivity contribution in [3.63, 3.8) is 0 Å². The number of carbonyl (C=O) groups is 1. The Hall–Kier alpha value is -1.83. The molecule has 19 heavy (non-hydrogen) atoms. The standard InChI is InChI=1S/C11H13F3N2O3/c1-3-18-10(17)8-7(4-15)9(6(2)5-16-8)19-11(12,13)14/h5H,3-4,15H2,1-2H3. The van der Waals surface area contributed by atoms with Crippen LogP contribution in [0, 0.1) is 6.92 Å². The first-order chi connectivity index (χ1) is 8.80. The van der Waals surface area contributed by atoms with E-state index in [1.807, 2.05) is 0 Å². The van der Waals surface area contributed by atoms with Crippen molar-refractivity contribution in [1.29, 1.82) is 0 Å². The van der Waals surface area contributed by atoms with E-state index < -0.39 is 18.1 Å². The molecule has 0 amide bonds. The van der Waals surface area contributed by atoms with Crippen LogP contribution in [-0.4, -0.2) is 23.9 Å². The van der Waals surface area contributed by atoms with Gasteiger partial charge in [0.25, 0.3) is 0 Å². The molecule has 0 aromatic carbocycles. The van der Waals surface area contributed by atoms with Crippen LogP contribution in [0.3, 0.4) is 0 Å². The average molecular weight is 278 g/mol. The quantitative estimate of drug-likeness (QED) is 0.852. The van der Waals surface area contributed by atoms with Crippen LogP contribution in [0.4, 0.5) is 13.2 Å². The van der Waals surface area contributed by atoms with Gasteiger partial charge in [0.1, 0.15) is 5.75 Å². The number of nitrogens with zero attached hydrogens (tertiary/aromatic N) is 1. The van der Waals surface area contributed by atoms with Gasteiger partial charge in [0.15, 0.2) is 5.69 Å². The minimum atomic E-state index is -4.87. The largest absolute Gasteiger partial charge is 0.573 e. The molecule has 5 nitrogen and oxygen atoms in total. The molecular weight excluding hydrogens is 265 g/mol. The van der Waals surface area contributed by atoms with Crippen LogP contribution >= 0.6 is 0 Å². The van der Waals surface area contributed by atoms with Gasteiger partial charge in [-0.05, 0) is 13.8 Å². The van der Waals surface area contributed by atoms with E-state index in [1.165, 1.54) is 6.92 Å². The van der Waals surface area contributed by atoms with E-state index in [4.69, 9.17) is 10.5 Å². The summed E-state index contributed by atoms with van der Waals surface area (Å²) >= 11 is 0. The van der Waals surface area contributed by atoms with Crippen molar-refractivity contribution in [2.24, 2.45) is 5.73 Å². The molecule has 0 atom stereocenters. The zero-order valence-corrected chi connectivity index (χ0v) is 10.4. The maximum absolute atomic E-state index is 12.3. The first-order valence-electron chi connectivity index (χ1n) is 5.41. The van der Waals surface area contributed by atoms with Crippen LogP contribution in [0.15, 0.2) is 6.20 Å². The Labute approximate surface area is 107 Å². The number of alkyl halides is 3. The number of halogens is 3. The van der Waals surface area contributed by atoms with Crippen molar-refractivity contribution in [3.8, 4) is 5.75 Å². The van der Waals surface area contributed by atoms with E-state index >= 15 is 0 Å². The Morgan fingerprint density at radius 1 is 1.47 bits per heavy atom. The summed E-state index contributed by atoms with van der Waals surface area (Å²) in [7, 11) is 0. The molecule has 1 aromatic rings. The van der Waals surface area contributed by atoms with E-state index in [0.717, 1.165) is 6.20 Å². The Kier molecular flexibility index (Phi) is 4.71. The Morgan fingerprint density at radius 3 is 2.58 bits per heavy atom. The lowest BCUT2D eigenvalue weighted by atomic mass is 10.1. The number of hydrogen-bond acceptors (Lipinski definition) is 5. The number of hydrogen-bond donors (Lipinski definition) is 1. The lowest BCUT2D eigenvalue weighted by Crippen LogP contribution is -2.22. The van der Waals surface area contributed by atoms with Crippen molar-refractivity contribution in [3.05, 3.63) is 23.0 Å². The second-order valence-corrected chi connectivity index (χ2v) is 3.57. The lowest BCUT2D eigenvalue weighted by Gasteiger charge is -2.16. The van der Waals surface area contributed by atoms with Gasteiger partial charge in [0.2, 0.25) is 0 Å². The number of rotatable bonds is 4. The fourth-order valence-corrected chi connectivity index (χ4v) is 1.47. The van der Waals surface area contributed by atoms with Gasteiger partial charge in [0, 0.05) is 23.9 Å². The fraction of sp³-hybridized carbons (Fsp3) is 0.455. The van der Waals surface area contributed by atoms with E-state index in [0.29, 0.717) is 0 Å². The highest BCUT2D eigenvalue weighted by Crippen LogP contribution is 2.31. The van der Waals surface area contributed by atoms with Gasteiger partial charge in [0.05, 0.1) is 6.61 Å². The second kappa shape index (κ2) is 5.87. The minimum Gasteiger partial charge on any atom is -0.461 e. The molecule has 1 heterocycles. The Balaban J connectivity index is 3.29. The molecule has 0 unspecified atom stereocenters. The van der Waals surface area contributed by atoms with Crippen molar-refractivity contribution >= 4 is 5.97 Å². The number of aryl methyl sites for hydroxylation is 1. The second-order valence-electron chi connectivity index (χ2n) is 3.57. The molecule has 0 saturated heterocycles. The maximum atomic E-state index is 12.3. The highest BCUT2D eigenvalue weighted by Gasteiger charge is 2.34. The molecule has 1 aromatic heterocycles. The third-order valence-corrected chi connectivity index (χ3v) is 2.20. The van der Waals surface area contributed by atoms with Crippen molar-refractivity contribution in [2.45, 2.75) is 26.8 Å². The first kappa shape index (κ1) is 15.2. The predicted molar refractivity (Wildman–Crippen MR) is 59.5 cm³/mol. The predicted octanol–water partition coefficient (Wildman–Crippen LogP) is 1.92. The molecule has 0 fully saturated rings. The van der Waals surface area contributed by atoms with Gasteiger partial charge >= 0.3 is 12.3 Å². The molecule has 106 valence electrons. The topological polar surface area (TPSA) is 74.4 Å². The third-order valence-electron chi connectivity index (χ3n) is 2.20. The fourth-order valence-electron chi connectivity index (χ4n) is 1.47. The van der Waals surface area contributed by atoms with E-state index in [2.05, 4.69) is 9.72 Å². The van der Waals surface area contributed by atoms with E-state index in [-0.39, 0.29) is 30.0 Å². The van der Waals surface area contributed by atoms with Gasteiger partial charge in [-0.2, -0.15) is 0 Å². The minimum absolute atomic E-state index is 0.0772. The summed E-state index contributed by atoms with van der Waals surface area (Å²) in [6.45, 7) is 2.70. The summed E-state index contributed by atoms with van der Waals surface area (Å²) in [5, 5.41) is 0. The van der Waals surface area contributed by atoms with Crippen molar-refractivity contribution in [1.82, 2.24) is 4.98 Å². The Bertz CT molecular complexity index is 475. The van der Waals surface area contributed by atoms with E-state index in [9.17, 15) is 18.0 Å². The molecule has 0 saturated carbocycles. The molecule has 0 radical (unpaired) electrons. The van der Waals surface area contributed by atoms with Crippen LogP contribution in [0.1, 0.15) is 28.5 Å². The number of carbonyl (C=O) groups excluding carboxylic acids is 1. The smallest absolute Gasteiger partial charge is 0.461 e. The van der Waals surface area contributed by atoms with Crippen LogP contribution < -0.4 is 10.5 Å². The third kappa shape index (κ3) is 3.82. The molecular formula is C11H13F3N2O3. The van der Waals surface area contributed by atoms with E-state index in [1.54, 1.807) is 6.92 Å². The lowest BCUT2D eigenvalue weighted by molar-refractivity contribution is -0.275. The summed E-state index contributed by atoms with van der Waals surface area (Å²) in [6, 6.07) is 0. The molecule has 8 heteroatoms. The van der Waals surface area contributed by atoms with Gasteiger partial charge in [-0.1, -0.05) is 0 Å².